The predicted octanol–water partition coefficient (Wildman–Crippen LogP) is 3.19. The molecule has 1 aliphatic rings. The molecule has 150 valence electrons. The third-order valence-corrected chi connectivity index (χ3v) is 5.38. The van der Waals surface area contributed by atoms with Crippen molar-refractivity contribution in [2.45, 2.75) is 23.2 Å². The summed E-state index contributed by atoms with van der Waals surface area (Å²) in [6.45, 7) is -4.66. The lowest BCUT2D eigenvalue weighted by Crippen LogP contribution is -2.44. The van der Waals surface area contributed by atoms with Gasteiger partial charge in [-0.2, -0.15) is 0 Å². The molecule has 0 bridgehead atoms. The smallest absolute Gasteiger partial charge is 0.303 e. The number of carbonyl (C=O) groups excluding carboxylic acids is 2. The molecule has 2 aromatic rings. The Kier molecular flexibility index (Phi) is 5.86. The van der Waals surface area contributed by atoms with Crippen LogP contribution in [0.4, 0.5) is 5.69 Å². The van der Waals surface area contributed by atoms with E-state index in [1.165, 1.54) is 24.9 Å². The zero-order chi connectivity index (χ0) is 23.0. The summed E-state index contributed by atoms with van der Waals surface area (Å²) in [4.78, 5) is 26.6. The number of esters is 1. The number of hydrogen-bond acceptors (Lipinski definition) is 6. The van der Waals surface area contributed by atoms with Crippen molar-refractivity contribution >= 4 is 41.7 Å². The Hall–Kier alpha value is -2.22. The highest BCUT2D eigenvalue weighted by atomic mass is 35.5. The number of rotatable bonds is 5. The number of carbonyl (C=O) groups is 2. The summed E-state index contributed by atoms with van der Waals surface area (Å²) in [5.74, 6) is -1.03. The van der Waals surface area contributed by atoms with Crippen molar-refractivity contribution in [3.05, 3.63) is 54.1 Å². The van der Waals surface area contributed by atoms with Crippen molar-refractivity contribution in [2.75, 3.05) is 25.0 Å². The number of amides is 1. The van der Waals surface area contributed by atoms with Crippen molar-refractivity contribution in [2.24, 2.45) is 5.73 Å². The van der Waals surface area contributed by atoms with Gasteiger partial charge < -0.3 is 20.1 Å². The highest BCUT2D eigenvalue weighted by Gasteiger charge is 2.40. The number of thioether (sulfide) groups is 1. The van der Waals surface area contributed by atoms with Crippen LogP contribution in [0.15, 0.2) is 53.4 Å². The van der Waals surface area contributed by atoms with E-state index in [1.54, 1.807) is 42.5 Å². The fourth-order valence-electron chi connectivity index (χ4n) is 2.82. The van der Waals surface area contributed by atoms with Gasteiger partial charge in [-0.3, -0.25) is 9.59 Å². The second kappa shape index (κ2) is 9.82. The van der Waals surface area contributed by atoms with Gasteiger partial charge in [0, 0.05) is 27.6 Å². The standard InChI is InChI=1S/C20H22N2O4S.ClH/c1-13(23)26-18-19(14-7-9-15(25-2)10-8-14)27-17-6-4-3-5-16(17)22(12-11-21)20(18)24;/h3-10,18-19H,11-12,21H2,1-2H3;1H/t18-,19+;/m1./s1/i11D2,12D2;. The predicted molar refractivity (Wildman–Crippen MR) is 112 cm³/mol. The molecule has 2 aromatic carbocycles. The number of anilines is 1. The van der Waals surface area contributed by atoms with Crippen LogP contribution in [0.3, 0.4) is 0 Å². The first-order valence-corrected chi connectivity index (χ1v) is 9.05. The summed E-state index contributed by atoms with van der Waals surface area (Å²) < 4.78 is 42.8. The van der Waals surface area contributed by atoms with E-state index in [9.17, 15) is 9.59 Å². The third-order valence-electron chi connectivity index (χ3n) is 4.01. The number of hydrogen-bond donors (Lipinski definition) is 1. The Morgan fingerprint density at radius 1 is 1.25 bits per heavy atom. The molecule has 1 heterocycles. The van der Waals surface area contributed by atoms with Crippen molar-refractivity contribution < 1.29 is 24.5 Å². The minimum absolute atomic E-state index is 0. The first-order chi connectivity index (χ1) is 14.5. The summed E-state index contributed by atoms with van der Waals surface area (Å²) in [6, 6.07) is 13.4. The molecule has 0 spiro atoms. The van der Waals surface area contributed by atoms with E-state index in [-0.39, 0.29) is 18.1 Å². The largest absolute Gasteiger partial charge is 0.497 e. The second-order valence-electron chi connectivity index (χ2n) is 5.74. The topological polar surface area (TPSA) is 81.9 Å². The number of fused-ring (bicyclic) bond motifs is 1. The number of methoxy groups -OCH3 is 1. The number of ether oxygens (including phenoxy) is 2. The maximum Gasteiger partial charge on any atom is 0.303 e. The molecule has 6 nitrogen and oxygen atoms in total. The van der Waals surface area contributed by atoms with Crippen LogP contribution in [0.5, 0.6) is 5.75 Å². The average Bonchev–Trinajstić information content (AvgIpc) is 2.82. The molecule has 1 amide bonds. The lowest BCUT2D eigenvalue weighted by molar-refractivity contribution is -0.152. The average molecular weight is 427 g/mol. The van der Waals surface area contributed by atoms with Crippen LogP contribution in [-0.4, -0.2) is 38.1 Å². The van der Waals surface area contributed by atoms with Crippen LogP contribution in [-0.2, 0) is 14.3 Å². The fraction of sp³-hybridized carbons (Fsp3) is 0.300. The number of nitrogens with two attached hydrogens (primary N) is 1. The highest BCUT2D eigenvalue weighted by molar-refractivity contribution is 7.99. The second-order valence-corrected chi connectivity index (χ2v) is 6.92. The monoisotopic (exact) mass is 426 g/mol. The van der Waals surface area contributed by atoms with Crippen LogP contribution in [0.2, 0.25) is 0 Å². The molecule has 0 radical (unpaired) electrons. The van der Waals surface area contributed by atoms with Crippen LogP contribution >= 0.6 is 24.2 Å². The molecule has 0 saturated carbocycles. The van der Waals surface area contributed by atoms with E-state index in [0.29, 0.717) is 21.1 Å². The zero-order valence-corrected chi connectivity index (χ0v) is 16.9. The quantitative estimate of drug-likeness (QED) is 0.739. The molecule has 0 fully saturated rings. The summed E-state index contributed by atoms with van der Waals surface area (Å²) in [7, 11) is 1.53. The molecule has 28 heavy (non-hydrogen) atoms. The van der Waals surface area contributed by atoms with Crippen molar-refractivity contribution in [3.63, 3.8) is 0 Å². The van der Waals surface area contributed by atoms with Gasteiger partial charge in [0.1, 0.15) is 5.75 Å². The summed E-state index contributed by atoms with van der Waals surface area (Å²) >= 11 is 1.22. The third kappa shape index (κ3) is 4.60. The van der Waals surface area contributed by atoms with E-state index in [2.05, 4.69) is 0 Å². The van der Waals surface area contributed by atoms with Gasteiger partial charge in [0.2, 0.25) is 0 Å². The van der Waals surface area contributed by atoms with Crippen molar-refractivity contribution in [1.82, 2.24) is 0 Å². The molecule has 2 N–H and O–H groups in total. The van der Waals surface area contributed by atoms with E-state index >= 15 is 0 Å². The SMILES string of the molecule is Cl.[2H]C([2H])(N)C([2H])([2H])N1C(=O)[C@H](OC(C)=O)[C@H](c2ccc(OC)cc2)Sc2ccccc21. The van der Waals surface area contributed by atoms with E-state index < -0.39 is 36.2 Å². The maximum absolute atomic E-state index is 13.6. The van der Waals surface area contributed by atoms with Crippen molar-refractivity contribution in [1.29, 1.82) is 0 Å². The molecule has 8 heteroatoms. The van der Waals surface area contributed by atoms with Crippen LogP contribution in [0.25, 0.3) is 0 Å². The Balaban J connectivity index is 0.00000363. The Morgan fingerprint density at radius 2 is 1.93 bits per heavy atom. The molecular weight excluding hydrogens is 400 g/mol. The minimum atomic E-state index is -2.92. The number of para-hydroxylation sites is 1. The van der Waals surface area contributed by atoms with Crippen molar-refractivity contribution in [3.8, 4) is 5.75 Å². The number of nitrogens with zero attached hydrogens (tertiary/aromatic N) is 1. The molecule has 3 rings (SSSR count). The Bertz CT molecular complexity index is 988. The van der Waals surface area contributed by atoms with Gasteiger partial charge in [0.05, 0.1) is 20.8 Å². The van der Waals surface area contributed by atoms with E-state index in [4.69, 9.17) is 20.7 Å². The molecule has 0 aliphatic carbocycles. The summed E-state index contributed by atoms with van der Waals surface area (Å²) in [5.41, 5.74) is 6.27. The minimum Gasteiger partial charge on any atom is -0.497 e. The Morgan fingerprint density at radius 3 is 2.54 bits per heavy atom. The normalized spacial score (nSPS) is 21.7. The summed E-state index contributed by atoms with van der Waals surface area (Å²) in [5, 5.41) is -0.715. The van der Waals surface area contributed by atoms with Gasteiger partial charge in [-0.15, -0.1) is 24.2 Å². The van der Waals surface area contributed by atoms with Gasteiger partial charge in [-0.25, -0.2) is 0 Å². The summed E-state index contributed by atoms with van der Waals surface area (Å²) in [6.07, 6.45) is -1.42. The maximum atomic E-state index is 13.6. The highest BCUT2D eigenvalue weighted by Crippen LogP contribution is 2.46. The molecule has 0 unspecified atom stereocenters. The van der Waals surface area contributed by atoms with Gasteiger partial charge in [0.15, 0.2) is 6.10 Å². The molecule has 2 atom stereocenters. The van der Waals surface area contributed by atoms with Crippen LogP contribution < -0.4 is 15.4 Å². The molecule has 0 aromatic heterocycles. The van der Waals surface area contributed by atoms with Gasteiger partial charge in [0.25, 0.3) is 5.91 Å². The lowest BCUT2D eigenvalue weighted by atomic mass is 10.1. The first kappa shape index (κ1) is 16.7. The van der Waals surface area contributed by atoms with E-state index in [0.717, 1.165) is 6.92 Å². The molecular formula is C20H23ClN2O4S. The van der Waals surface area contributed by atoms with Crippen LogP contribution in [0.1, 0.15) is 23.2 Å². The van der Waals surface area contributed by atoms with E-state index in [1.807, 2.05) is 0 Å². The first-order valence-electron chi connectivity index (χ1n) is 10.2. The zero-order valence-electron chi connectivity index (χ0n) is 19.2. The van der Waals surface area contributed by atoms with Gasteiger partial charge >= 0.3 is 5.97 Å². The lowest BCUT2D eigenvalue weighted by Gasteiger charge is -2.27. The number of benzene rings is 2. The molecule has 1 aliphatic heterocycles. The van der Waals surface area contributed by atoms with Gasteiger partial charge in [-0.05, 0) is 29.8 Å². The molecule has 0 saturated heterocycles. The Labute approximate surface area is 180 Å². The fourth-order valence-corrected chi connectivity index (χ4v) is 4.12. The van der Waals surface area contributed by atoms with Crippen LogP contribution in [0, 0.1) is 0 Å². The van der Waals surface area contributed by atoms with Gasteiger partial charge in [-0.1, -0.05) is 24.3 Å². The number of halogens is 1.